The van der Waals surface area contributed by atoms with Gasteiger partial charge in [0.1, 0.15) is 5.78 Å². The minimum Gasteiger partial charge on any atom is -0.378 e. The van der Waals surface area contributed by atoms with Crippen LogP contribution in [0.4, 0.5) is 11.4 Å². The van der Waals surface area contributed by atoms with E-state index in [2.05, 4.69) is 86.5 Å². The highest BCUT2D eigenvalue weighted by atomic mass is 16.1. The predicted molar refractivity (Wildman–Crippen MR) is 159 cm³/mol. The molecule has 0 fully saturated rings. The number of nitrogens with zero attached hydrogens (tertiary/aromatic N) is 2. The summed E-state index contributed by atoms with van der Waals surface area (Å²) in [7, 11) is 8.33. The number of rotatable bonds is 20. The summed E-state index contributed by atoms with van der Waals surface area (Å²) in [6.07, 6.45) is 18.8. The first-order chi connectivity index (χ1) is 17.5. The zero-order valence-corrected chi connectivity index (χ0v) is 23.7. The van der Waals surface area contributed by atoms with Crippen molar-refractivity contribution in [2.24, 2.45) is 0 Å². The van der Waals surface area contributed by atoms with Crippen LogP contribution in [0.25, 0.3) is 0 Å². The second kappa shape index (κ2) is 18.0. The van der Waals surface area contributed by atoms with Gasteiger partial charge in [0.15, 0.2) is 0 Å². The summed E-state index contributed by atoms with van der Waals surface area (Å²) in [6.45, 7) is 0. The Kier molecular flexibility index (Phi) is 15.0. The monoisotopic (exact) mass is 492 g/mol. The normalized spacial score (nSPS) is 11.0. The van der Waals surface area contributed by atoms with Gasteiger partial charge in [-0.1, -0.05) is 75.6 Å². The summed E-state index contributed by atoms with van der Waals surface area (Å²) < 4.78 is 0. The van der Waals surface area contributed by atoms with Gasteiger partial charge >= 0.3 is 0 Å². The topological polar surface area (TPSA) is 23.6 Å². The number of hydrogen-bond donors (Lipinski definition) is 0. The smallest absolute Gasteiger partial charge is 0.132 e. The maximum Gasteiger partial charge on any atom is 0.132 e. The summed E-state index contributed by atoms with van der Waals surface area (Å²) in [4.78, 5) is 16.4. The number of carbonyl (C=O) groups is 1. The Bertz CT molecular complexity index is 754. The van der Waals surface area contributed by atoms with E-state index in [4.69, 9.17) is 0 Å². The van der Waals surface area contributed by atoms with E-state index in [1.807, 2.05) is 0 Å². The van der Waals surface area contributed by atoms with Gasteiger partial charge in [0.05, 0.1) is 0 Å². The largest absolute Gasteiger partial charge is 0.378 e. The molecule has 0 aromatic heterocycles. The van der Waals surface area contributed by atoms with Crippen molar-refractivity contribution >= 4 is 17.2 Å². The molecule has 0 unspecified atom stereocenters. The van der Waals surface area contributed by atoms with E-state index in [0.29, 0.717) is 5.78 Å². The van der Waals surface area contributed by atoms with Crippen LogP contribution in [0.2, 0.25) is 0 Å². The molecular weight excluding hydrogens is 440 g/mol. The Morgan fingerprint density at radius 2 is 0.778 bits per heavy atom. The summed E-state index contributed by atoms with van der Waals surface area (Å²) >= 11 is 0. The fourth-order valence-electron chi connectivity index (χ4n) is 4.76. The van der Waals surface area contributed by atoms with E-state index in [-0.39, 0.29) is 0 Å². The number of aryl methyl sites for hydroxylation is 2. The van der Waals surface area contributed by atoms with Gasteiger partial charge in [0, 0.05) is 52.4 Å². The van der Waals surface area contributed by atoms with Crippen LogP contribution in [0.1, 0.15) is 101 Å². The van der Waals surface area contributed by atoms with Gasteiger partial charge in [-0.15, -0.1) is 0 Å². The van der Waals surface area contributed by atoms with E-state index in [1.165, 1.54) is 99.6 Å². The maximum absolute atomic E-state index is 12.2. The van der Waals surface area contributed by atoms with Crippen molar-refractivity contribution < 1.29 is 4.79 Å². The average Bonchev–Trinajstić information content (AvgIpc) is 2.87. The molecule has 0 aliphatic heterocycles. The highest BCUT2D eigenvalue weighted by Gasteiger charge is 2.03. The van der Waals surface area contributed by atoms with Crippen LogP contribution < -0.4 is 9.80 Å². The molecule has 2 aromatic carbocycles. The number of benzene rings is 2. The Hall–Kier alpha value is -2.29. The molecule has 0 amide bonds. The van der Waals surface area contributed by atoms with Gasteiger partial charge in [0.2, 0.25) is 0 Å². The molecule has 0 saturated heterocycles. The zero-order valence-electron chi connectivity index (χ0n) is 23.7. The standard InChI is InChI=1S/C33H52N2O/c1-34(2)31-25-21-29(22-26-31)17-13-9-5-7-11-15-19-33(36)20-16-12-8-6-10-14-18-30-23-27-32(28-24-30)35(3)4/h21-28H,5-20H2,1-4H3. The minimum absolute atomic E-state index is 0.484. The van der Waals surface area contributed by atoms with Crippen LogP contribution in [-0.2, 0) is 17.6 Å². The molecule has 0 N–H and O–H groups in total. The first-order valence-corrected chi connectivity index (χ1v) is 14.5. The number of unbranched alkanes of at least 4 members (excludes halogenated alkanes) is 10. The summed E-state index contributed by atoms with van der Waals surface area (Å²) in [5.41, 5.74) is 5.41. The van der Waals surface area contributed by atoms with Crippen LogP contribution in [0.5, 0.6) is 0 Å². The molecule has 2 aromatic rings. The molecule has 0 spiro atoms. The second-order valence-corrected chi connectivity index (χ2v) is 10.9. The molecule has 36 heavy (non-hydrogen) atoms. The van der Waals surface area contributed by atoms with E-state index < -0.39 is 0 Å². The molecule has 0 aliphatic carbocycles. The summed E-state index contributed by atoms with van der Waals surface area (Å²) in [5, 5.41) is 0. The molecule has 0 bridgehead atoms. The minimum atomic E-state index is 0.484. The van der Waals surface area contributed by atoms with Crippen molar-refractivity contribution in [1.29, 1.82) is 0 Å². The molecule has 0 atom stereocenters. The Morgan fingerprint density at radius 1 is 0.472 bits per heavy atom. The quantitative estimate of drug-likeness (QED) is 0.173. The molecule has 0 radical (unpaired) electrons. The number of Topliss-reactive ketones (excluding diaryl/α,β-unsaturated/α-hetero) is 1. The average molecular weight is 493 g/mol. The van der Waals surface area contributed by atoms with Gasteiger partial charge in [0.25, 0.3) is 0 Å². The third-order valence-corrected chi connectivity index (χ3v) is 7.25. The molecular formula is C33H52N2O. The van der Waals surface area contributed by atoms with Crippen LogP contribution in [0.3, 0.4) is 0 Å². The van der Waals surface area contributed by atoms with Crippen LogP contribution >= 0.6 is 0 Å². The second-order valence-electron chi connectivity index (χ2n) is 10.9. The van der Waals surface area contributed by atoms with E-state index >= 15 is 0 Å². The molecule has 3 heteroatoms. The van der Waals surface area contributed by atoms with Gasteiger partial charge in [-0.05, 0) is 73.9 Å². The SMILES string of the molecule is CN(C)c1ccc(CCCCCCCCC(=O)CCCCCCCCc2ccc(N(C)C)cc2)cc1. The van der Waals surface area contributed by atoms with Crippen LogP contribution in [-0.4, -0.2) is 34.0 Å². The van der Waals surface area contributed by atoms with Crippen molar-refractivity contribution in [3.05, 3.63) is 59.7 Å². The van der Waals surface area contributed by atoms with Crippen molar-refractivity contribution in [3.8, 4) is 0 Å². The van der Waals surface area contributed by atoms with Gasteiger partial charge < -0.3 is 9.80 Å². The van der Waals surface area contributed by atoms with Gasteiger partial charge in [-0.2, -0.15) is 0 Å². The van der Waals surface area contributed by atoms with Gasteiger partial charge in [-0.3, -0.25) is 4.79 Å². The lowest BCUT2D eigenvalue weighted by molar-refractivity contribution is -0.119. The fraction of sp³-hybridized carbons (Fsp3) is 0.606. The Labute approximate surface area is 222 Å². The Morgan fingerprint density at radius 3 is 1.11 bits per heavy atom. The van der Waals surface area contributed by atoms with Crippen molar-refractivity contribution in [2.45, 2.75) is 103 Å². The number of carbonyl (C=O) groups excluding carboxylic acids is 1. The first-order valence-electron chi connectivity index (χ1n) is 14.5. The Balaban J connectivity index is 1.34. The lowest BCUT2D eigenvalue weighted by Crippen LogP contribution is -2.08. The number of ketones is 1. The highest BCUT2D eigenvalue weighted by molar-refractivity contribution is 5.78. The molecule has 200 valence electrons. The van der Waals surface area contributed by atoms with E-state index in [9.17, 15) is 4.79 Å². The number of anilines is 2. The van der Waals surface area contributed by atoms with Crippen LogP contribution in [0, 0.1) is 0 Å². The number of hydrogen-bond acceptors (Lipinski definition) is 3. The highest BCUT2D eigenvalue weighted by Crippen LogP contribution is 2.17. The fourth-order valence-corrected chi connectivity index (χ4v) is 4.76. The van der Waals surface area contributed by atoms with Gasteiger partial charge in [-0.25, -0.2) is 0 Å². The molecule has 0 heterocycles. The zero-order chi connectivity index (χ0) is 26.0. The van der Waals surface area contributed by atoms with Crippen molar-refractivity contribution in [3.63, 3.8) is 0 Å². The summed E-state index contributed by atoms with van der Waals surface area (Å²) in [6, 6.07) is 17.9. The van der Waals surface area contributed by atoms with E-state index in [1.54, 1.807) is 0 Å². The van der Waals surface area contributed by atoms with Crippen LogP contribution in [0.15, 0.2) is 48.5 Å². The van der Waals surface area contributed by atoms with E-state index in [0.717, 1.165) is 25.7 Å². The third kappa shape index (κ3) is 13.1. The van der Waals surface area contributed by atoms with Crippen molar-refractivity contribution in [1.82, 2.24) is 0 Å². The predicted octanol–water partition coefficient (Wildman–Crippen LogP) is 8.63. The lowest BCUT2D eigenvalue weighted by atomic mass is 10.0. The summed E-state index contributed by atoms with van der Waals surface area (Å²) in [5.74, 6) is 0.484. The third-order valence-electron chi connectivity index (χ3n) is 7.25. The molecule has 0 saturated carbocycles. The molecule has 2 rings (SSSR count). The van der Waals surface area contributed by atoms with Crippen molar-refractivity contribution in [2.75, 3.05) is 38.0 Å². The lowest BCUT2D eigenvalue weighted by Gasteiger charge is -2.12. The molecule has 0 aliphatic rings. The maximum atomic E-state index is 12.2. The molecule has 3 nitrogen and oxygen atoms in total. The first kappa shape index (κ1) is 29.9.